The molecule has 1 aromatic carbocycles. The van der Waals surface area contributed by atoms with E-state index in [1.54, 1.807) is 12.1 Å². The van der Waals surface area contributed by atoms with E-state index in [9.17, 15) is 5.11 Å². The van der Waals surface area contributed by atoms with Crippen LogP contribution in [0.3, 0.4) is 0 Å². The summed E-state index contributed by atoms with van der Waals surface area (Å²) < 4.78 is 0. The highest BCUT2D eigenvalue weighted by Gasteiger charge is 2.31. The molecule has 3 rings (SSSR count). The lowest BCUT2D eigenvalue weighted by molar-refractivity contribution is 0.255. The smallest absolute Gasteiger partial charge is 0.169 e. The van der Waals surface area contributed by atoms with Crippen molar-refractivity contribution < 1.29 is 5.11 Å². The van der Waals surface area contributed by atoms with Crippen LogP contribution >= 0.6 is 12.2 Å². The number of hydrogen-bond donors (Lipinski definition) is 2. The number of aromatic hydroxyl groups is 1. The lowest BCUT2D eigenvalue weighted by atomic mass is 9.94. The van der Waals surface area contributed by atoms with E-state index in [0.29, 0.717) is 17.8 Å². The van der Waals surface area contributed by atoms with Crippen molar-refractivity contribution >= 4 is 17.3 Å². The molecular formula is C16H22N2OS. The van der Waals surface area contributed by atoms with Crippen LogP contribution in [0.2, 0.25) is 0 Å². The van der Waals surface area contributed by atoms with E-state index < -0.39 is 0 Å². The monoisotopic (exact) mass is 290 g/mol. The minimum atomic E-state index is 0.326. The zero-order valence-electron chi connectivity index (χ0n) is 11.7. The second kappa shape index (κ2) is 6.00. The highest BCUT2D eigenvalue weighted by molar-refractivity contribution is 7.80. The SMILES string of the molecule is Oc1ccc(CC2CN(C3CCCCC3)C(=S)N2)cc1. The summed E-state index contributed by atoms with van der Waals surface area (Å²) in [6, 6.07) is 8.53. The maximum atomic E-state index is 9.33. The van der Waals surface area contributed by atoms with Crippen molar-refractivity contribution in [3.05, 3.63) is 29.8 Å². The number of benzene rings is 1. The van der Waals surface area contributed by atoms with E-state index in [4.69, 9.17) is 12.2 Å². The molecule has 1 aliphatic carbocycles. The summed E-state index contributed by atoms with van der Waals surface area (Å²) in [6.45, 7) is 1.02. The molecule has 1 aliphatic heterocycles. The van der Waals surface area contributed by atoms with E-state index in [1.807, 2.05) is 12.1 Å². The lowest BCUT2D eigenvalue weighted by Crippen LogP contribution is -2.38. The topological polar surface area (TPSA) is 35.5 Å². The predicted molar refractivity (Wildman–Crippen MR) is 84.9 cm³/mol. The second-order valence-corrected chi connectivity index (χ2v) is 6.35. The number of nitrogens with one attached hydrogen (secondary N) is 1. The first-order valence-corrected chi connectivity index (χ1v) is 7.98. The molecule has 4 heteroatoms. The van der Waals surface area contributed by atoms with E-state index in [0.717, 1.165) is 18.1 Å². The van der Waals surface area contributed by atoms with Gasteiger partial charge in [0.25, 0.3) is 0 Å². The average molecular weight is 290 g/mol. The Morgan fingerprint density at radius 1 is 1.15 bits per heavy atom. The van der Waals surface area contributed by atoms with Crippen LogP contribution in [0.25, 0.3) is 0 Å². The number of phenols is 1. The van der Waals surface area contributed by atoms with Gasteiger partial charge in [0.05, 0.1) is 0 Å². The lowest BCUT2D eigenvalue weighted by Gasteiger charge is -2.31. The summed E-state index contributed by atoms with van der Waals surface area (Å²) in [7, 11) is 0. The highest BCUT2D eigenvalue weighted by Crippen LogP contribution is 2.25. The van der Waals surface area contributed by atoms with E-state index in [1.165, 1.54) is 37.7 Å². The van der Waals surface area contributed by atoms with Crippen molar-refractivity contribution in [1.29, 1.82) is 0 Å². The van der Waals surface area contributed by atoms with Gasteiger partial charge in [0.15, 0.2) is 5.11 Å². The third-order valence-corrected chi connectivity index (χ3v) is 4.79. The molecule has 2 fully saturated rings. The quantitative estimate of drug-likeness (QED) is 0.839. The number of phenolic OH excluding ortho intramolecular Hbond substituents is 1. The molecule has 108 valence electrons. The normalized spacial score (nSPS) is 23.9. The number of hydrogen-bond acceptors (Lipinski definition) is 2. The Kier molecular flexibility index (Phi) is 4.10. The molecular weight excluding hydrogens is 268 g/mol. The van der Waals surface area contributed by atoms with E-state index in [2.05, 4.69) is 10.2 Å². The van der Waals surface area contributed by atoms with Crippen molar-refractivity contribution in [1.82, 2.24) is 10.2 Å². The minimum absolute atomic E-state index is 0.326. The standard InChI is InChI=1S/C16H22N2OS/c19-15-8-6-12(7-9-15)10-13-11-18(16(20)17-13)14-4-2-1-3-5-14/h6-9,13-14,19H,1-5,10-11H2,(H,17,20). The van der Waals surface area contributed by atoms with Gasteiger partial charge in [-0.2, -0.15) is 0 Å². The third-order valence-electron chi connectivity index (χ3n) is 4.44. The number of thiocarbonyl (C=S) groups is 1. The first-order chi connectivity index (χ1) is 9.72. The molecule has 0 radical (unpaired) electrons. The molecule has 2 aliphatic rings. The highest BCUT2D eigenvalue weighted by atomic mass is 32.1. The summed E-state index contributed by atoms with van der Waals surface area (Å²) in [5.74, 6) is 0.326. The Hall–Kier alpha value is -1.29. The van der Waals surface area contributed by atoms with Crippen LogP contribution in [-0.2, 0) is 6.42 Å². The van der Waals surface area contributed by atoms with Gasteiger partial charge in [-0.1, -0.05) is 31.4 Å². The van der Waals surface area contributed by atoms with Crippen LogP contribution in [0.1, 0.15) is 37.7 Å². The molecule has 0 bridgehead atoms. The summed E-state index contributed by atoms with van der Waals surface area (Å²) in [5, 5.41) is 13.7. The van der Waals surface area contributed by atoms with Crippen molar-refractivity contribution in [2.75, 3.05) is 6.54 Å². The van der Waals surface area contributed by atoms with Crippen LogP contribution in [0, 0.1) is 0 Å². The molecule has 1 heterocycles. The van der Waals surface area contributed by atoms with Crippen LogP contribution in [0.15, 0.2) is 24.3 Å². The average Bonchev–Trinajstić information content (AvgIpc) is 2.83. The molecule has 1 unspecified atom stereocenters. The molecule has 0 spiro atoms. The van der Waals surface area contributed by atoms with Crippen molar-refractivity contribution in [3.63, 3.8) is 0 Å². The molecule has 20 heavy (non-hydrogen) atoms. The molecule has 1 aromatic rings. The van der Waals surface area contributed by atoms with Gasteiger partial charge in [-0.15, -0.1) is 0 Å². The Morgan fingerprint density at radius 3 is 2.55 bits per heavy atom. The Labute approximate surface area is 126 Å². The second-order valence-electron chi connectivity index (χ2n) is 5.96. The van der Waals surface area contributed by atoms with Crippen molar-refractivity contribution in [2.24, 2.45) is 0 Å². The van der Waals surface area contributed by atoms with Gasteiger partial charge in [0.2, 0.25) is 0 Å². The van der Waals surface area contributed by atoms with Gasteiger partial charge in [-0.05, 0) is 49.2 Å². The fourth-order valence-corrected chi connectivity index (χ4v) is 3.75. The van der Waals surface area contributed by atoms with Crippen molar-refractivity contribution in [2.45, 2.75) is 50.6 Å². The zero-order chi connectivity index (χ0) is 13.9. The van der Waals surface area contributed by atoms with Crippen molar-refractivity contribution in [3.8, 4) is 5.75 Å². The fourth-order valence-electron chi connectivity index (χ4n) is 3.36. The van der Waals surface area contributed by atoms with Crippen LogP contribution in [0.5, 0.6) is 5.75 Å². The van der Waals surface area contributed by atoms with Gasteiger partial charge in [-0.25, -0.2) is 0 Å². The fraction of sp³-hybridized carbons (Fsp3) is 0.562. The van der Waals surface area contributed by atoms with Gasteiger partial charge in [-0.3, -0.25) is 0 Å². The summed E-state index contributed by atoms with van der Waals surface area (Å²) in [5.41, 5.74) is 1.24. The number of nitrogens with zero attached hydrogens (tertiary/aromatic N) is 1. The maximum absolute atomic E-state index is 9.33. The van der Waals surface area contributed by atoms with Crippen LogP contribution < -0.4 is 5.32 Å². The molecule has 1 saturated heterocycles. The third kappa shape index (κ3) is 3.06. The molecule has 0 amide bonds. The van der Waals surface area contributed by atoms with E-state index >= 15 is 0 Å². The first-order valence-electron chi connectivity index (χ1n) is 7.57. The zero-order valence-corrected chi connectivity index (χ0v) is 12.5. The summed E-state index contributed by atoms with van der Waals surface area (Å²) in [4.78, 5) is 2.40. The van der Waals surface area contributed by atoms with Gasteiger partial charge in [0, 0.05) is 18.6 Å². The number of rotatable bonds is 3. The largest absolute Gasteiger partial charge is 0.508 e. The molecule has 1 saturated carbocycles. The molecule has 2 N–H and O–H groups in total. The Bertz CT molecular complexity index is 468. The Balaban J connectivity index is 1.59. The van der Waals surface area contributed by atoms with Gasteiger partial charge >= 0.3 is 0 Å². The van der Waals surface area contributed by atoms with Crippen LogP contribution in [0.4, 0.5) is 0 Å². The first kappa shape index (κ1) is 13.7. The predicted octanol–water partition coefficient (Wildman–Crippen LogP) is 2.83. The van der Waals surface area contributed by atoms with Gasteiger partial charge < -0.3 is 15.3 Å². The van der Waals surface area contributed by atoms with Gasteiger partial charge in [0.1, 0.15) is 5.75 Å². The molecule has 1 atom stereocenters. The molecule has 0 aromatic heterocycles. The maximum Gasteiger partial charge on any atom is 0.169 e. The van der Waals surface area contributed by atoms with E-state index in [-0.39, 0.29) is 0 Å². The summed E-state index contributed by atoms with van der Waals surface area (Å²) in [6.07, 6.45) is 7.59. The van der Waals surface area contributed by atoms with Crippen LogP contribution in [-0.4, -0.2) is 33.7 Å². The minimum Gasteiger partial charge on any atom is -0.508 e. The molecule has 3 nitrogen and oxygen atoms in total. The Morgan fingerprint density at radius 2 is 1.85 bits per heavy atom. The summed E-state index contributed by atoms with van der Waals surface area (Å²) >= 11 is 5.51.